The highest BCUT2D eigenvalue weighted by Gasteiger charge is 2.41. The lowest BCUT2D eigenvalue weighted by Gasteiger charge is -2.48. The lowest BCUT2D eigenvalue weighted by molar-refractivity contribution is -0.140. The molecule has 2 fully saturated rings. The van der Waals surface area contributed by atoms with Crippen LogP contribution in [0.4, 0.5) is 0 Å². The zero-order valence-electron chi connectivity index (χ0n) is 15.0. The number of hydrogen-bond donors (Lipinski definition) is 0. The summed E-state index contributed by atoms with van der Waals surface area (Å²) >= 11 is 0. The van der Waals surface area contributed by atoms with Crippen LogP contribution in [0.2, 0.25) is 0 Å². The molecule has 25 heavy (non-hydrogen) atoms. The molecule has 134 valence electrons. The van der Waals surface area contributed by atoms with E-state index in [0.717, 1.165) is 50.1 Å². The van der Waals surface area contributed by atoms with Crippen molar-refractivity contribution in [3.05, 3.63) is 35.4 Å². The van der Waals surface area contributed by atoms with E-state index in [4.69, 9.17) is 4.74 Å². The van der Waals surface area contributed by atoms with Gasteiger partial charge in [-0.25, -0.2) is 0 Å². The molecular formula is C20H27N3O2. The van der Waals surface area contributed by atoms with Gasteiger partial charge >= 0.3 is 0 Å². The monoisotopic (exact) mass is 341 g/mol. The van der Waals surface area contributed by atoms with E-state index in [-0.39, 0.29) is 11.3 Å². The van der Waals surface area contributed by atoms with E-state index in [9.17, 15) is 10.1 Å². The van der Waals surface area contributed by atoms with E-state index in [1.165, 1.54) is 6.42 Å². The van der Waals surface area contributed by atoms with Crippen LogP contribution in [-0.2, 0) is 16.1 Å². The molecule has 3 rings (SSSR count). The fourth-order valence-corrected chi connectivity index (χ4v) is 4.29. The van der Waals surface area contributed by atoms with Gasteiger partial charge in [0.15, 0.2) is 0 Å². The molecule has 0 radical (unpaired) electrons. The molecule has 1 amide bonds. The molecule has 2 saturated heterocycles. The summed E-state index contributed by atoms with van der Waals surface area (Å²) in [5.74, 6) is 0.259. The molecule has 0 N–H and O–H groups in total. The van der Waals surface area contributed by atoms with E-state index in [1.54, 1.807) is 7.11 Å². The number of carbonyl (C=O) groups excluding carboxylic acids is 1. The minimum atomic E-state index is 0.196. The van der Waals surface area contributed by atoms with Gasteiger partial charge in [-0.05, 0) is 37.4 Å². The number of amides is 1. The second-order valence-electron chi connectivity index (χ2n) is 7.39. The first-order valence-corrected chi connectivity index (χ1v) is 9.13. The van der Waals surface area contributed by atoms with Crippen LogP contribution in [0.15, 0.2) is 24.3 Å². The summed E-state index contributed by atoms with van der Waals surface area (Å²) in [7, 11) is 1.68. The maximum absolute atomic E-state index is 12.2. The van der Waals surface area contributed by atoms with Crippen LogP contribution in [-0.4, -0.2) is 55.6 Å². The average Bonchev–Trinajstić information content (AvgIpc) is 2.63. The first-order chi connectivity index (χ1) is 12.2. The molecule has 2 aliphatic heterocycles. The van der Waals surface area contributed by atoms with Gasteiger partial charge in [-0.1, -0.05) is 18.2 Å². The normalized spacial score (nSPS) is 24.5. The lowest BCUT2D eigenvalue weighted by Crippen LogP contribution is -2.54. The second-order valence-corrected chi connectivity index (χ2v) is 7.39. The third-order valence-electron chi connectivity index (χ3n) is 5.59. The van der Waals surface area contributed by atoms with Crippen LogP contribution < -0.4 is 0 Å². The highest BCUT2D eigenvalue weighted by Crippen LogP contribution is 2.39. The Morgan fingerprint density at radius 2 is 2.12 bits per heavy atom. The van der Waals surface area contributed by atoms with E-state index in [2.05, 4.69) is 17.0 Å². The smallest absolute Gasteiger partial charge is 0.222 e. The summed E-state index contributed by atoms with van der Waals surface area (Å²) in [6.45, 7) is 5.01. The van der Waals surface area contributed by atoms with Gasteiger partial charge in [0.05, 0.1) is 18.2 Å². The molecule has 2 aliphatic rings. The molecule has 5 heteroatoms. The van der Waals surface area contributed by atoms with Gasteiger partial charge in [0.2, 0.25) is 5.91 Å². The topological polar surface area (TPSA) is 56.6 Å². The van der Waals surface area contributed by atoms with Gasteiger partial charge in [0, 0.05) is 45.1 Å². The molecule has 1 aromatic rings. The number of carbonyl (C=O) groups is 1. The standard InChI is InChI=1S/C20H27N3O2/c1-25-12-11-23-16-20(9-7-19(23)24)8-4-10-22(15-20)14-18-6-3-2-5-17(18)13-21/h2-3,5-6H,4,7-12,14-16H2,1H3. The molecule has 0 aromatic heterocycles. The molecule has 5 nitrogen and oxygen atoms in total. The van der Waals surface area contributed by atoms with Crippen LogP contribution in [0.1, 0.15) is 36.8 Å². The van der Waals surface area contributed by atoms with Crippen molar-refractivity contribution in [2.24, 2.45) is 5.41 Å². The summed E-state index contributed by atoms with van der Waals surface area (Å²) in [6.07, 6.45) is 3.96. The minimum absolute atomic E-state index is 0.196. The molecular weight excluding hydrogens is 314 g/mol. The van der Waals surface area contributed by atoms with Gasteiger partial charge < -0.3 is 9.64 Å². The van der Waals surface area contributed by atoms with Gasteiger partial charge in [0.1, 0.15) is 0 Å². The number of hydrogen-bond acceptors (Lipinski definition) is 4. The first-order valence-electron chi connectivity index (χ1n) is 9.13. The number of likely N-dealkylation sites (tertiary alicyclic amines) is 2. The summed E-state index contributed by atoms with van der Waals surface area (Å²) in [5.41, 5.74) is 2.06. The van der Waals surface area contributed by atoms with Gasteiger partial charge in [0.25, 0.3) is 0 Å². The maximum Gasteiger partial charge on any atom is 0.222 e. The largest absolute Gasteiger partial charge is 0.383 e. The minimum Gasteiger partial charge on any atom is -0.383 e. The summed E-state index contributed by atoms with van der Waals surface area (Å²) < 4.78 is 5.16. The number of benzene rings is 1. The molecule has 0 aliphatic carbocycles. The highest BCUT2D eigenvalue weighted by atomic mass is 16.5. The van der Waals surface area contributed by atoms with Crippen molar-refractivity contribution >= 4 is 5.91 Å². The number of ether oxygens (including phenoxy) is 1. The van der Waals surface area contributed by atoms with Crippen molar-refractivity contribution in [3.63, 3.8) is 0 Å². The predicted octanol–water partition coefficient (Wildman–Crippen LogP) is 2.41. The summed E-state index contributed by atoms with van der Waals surface area (Å²) in [6, 6.07) is 10.2. The Bertz CT molecular complexity index is 655. The molecule has 1 aromatic carbocycles. The van der Waals surface area contributed by atoms with E-state index in [1.807, 2.05) is 23.1 Å². The van der Waals surface area contributed by atoms with Crippen LogP contribution in [0, 0.1) is 16.7 Å². The molecule has 0 bridgehead atoms. The van der Waals surface area contributed by atoms with Crippen molar-refractivity contribution in [2.75, 3.05) is 39.9 Å². The van der Waals surface area contributed by atoms with Gasteiger partial charge in [-0.2, -0.15) is 5.26 Å². The zero-order valence-corrected chi connectivity index (χ0v) is 15.0. The van der Waals surface area contributed by atoms with Crippen LogP contribution >= 0.6 is 0 Å². The first kappa shape index (κ1) is 17.9. The Kier molecular flexibility index (Phi) is 5.72. The number of nitriles is 1. The average molecular weight is 341 g/mol. The molecule has 2 heterocycles. The third kappa shape index (κ3) is 4.20. The van der Waals surface area contributed by atoms with E-state index in [0.29, 0.717) is 19.6 Å². The van der Waals surface area contributed by atoms with Crippen molar-refractivity contribution in [3.8, 4) is 6.07 Å². The van der Waals surface area contributed by atoms with Crippen LogP contribution in [0.25, 0.3) is 0 Å². The fourth-order valence-electron chi connectivity index (χ4n) is 4.29. The van der Waals surface area contributed by atoms with Crippen molar-refractivity contribution in [1.29, 1.82) is 5.26 Å². The maximum atomic E-state index is 12.2. The Labute approximate surface area is 150 Å². The zero-order chi connectivity index (χ0) is 17.7. The van der Waals surface area contributed by atoms with Crippen molar-refractivity contribution < 1.29 is 9.53 Å². The SMILES string of the molecule is COCCN1CC2(CCCN(Cc3ccccc3C#N)C2)CCC1=O. The second kappa shape index (κ2) is 7.99. The third-order valence-corrected chi connectivity index (χ3v) is 5.59. The number of methoxy groups -OCH3 is 1. The molecule has 0 saturated carbocycles. The Morgan fingerprint density at radius 3 is 2.92 bits per heavy atom. The number of nitrogens with zero attached hydrogens (tertiary/aromatic N) is 3. The Morgan fingerprint density at radius 1 is 1.28 bits per heavy atom. The Hall–Kier alpha value is -1.90. The van der Waals surface area contributed by atoms with E-state index < -0.39 is 0 Å². The predicted molar refractivity (Wildman–Crippen MR) is 95.8 cm³/mol. The summed E-state index contributed by atoms with van der Waals surface area (Å²) in [4.78, 5) is 16.7. The Balaban J connectivity index is 1.68. The van der Waals surface area contributed by atoms with Crippen molar-refractivity contribution in [2.45, 2.75) is 32.2 Å². The molecule has 1 unspecified atom stereocenters. The highest BCUT2D eigenvalue weighted by molar-refractivity contribution is 5.77. The molecule has 1 atom stereocenters. The molecule has 1 spiro atoms. The van der Waals surface area contributed by atoms with E-state index >= 15 is 0 Å². The quantitative estimate of drug-likeness (QED) is 0.825. The van der Waals surface area contributed by atoms with Crippen molar-refractivity contribution in [1.82, 2.24) is 9.80 Å². The lowest BCUT2D eigenvalue weighted by atomic mass is 9.73. The number of piperidine rings is 2. The fraction of sp³-hybridized carbons (Fsp3) is 0.600. The van der Waals surface area contributed by atoms with Gasteiger partial charge in [-0.15, -0.1) is 0 Å². The number of rotatable bonds is 5. The van der Waals surface area contributed by atoms with Crippen LogP contribution in [0.5, 0.6) is 0 Å². The summed E-state index contributed by atoms with van der Waals surface area (Å²) in [5, 5.41) is 9.31. The van der Waals surface area contributed by atoms with Gasteiger partial charge in [-0.3, -0.25) is 9.69 Å². The van der Waals surface area contributed by atoms with Crippen LogP contribution in [0.3, 0.4) is 0 Å².